The molecule has 0 aliphatic heterocycles. The minimum absolute atomic E-state index is 0.202. The van der Waals surface area contributed by atoms with Gasteiger partial charge in [0.15, 0.2) is 0 Å². The topological polar surface area (TPSA) is 88.8 Å². The van der Waals surface area contributed by atoms with E-state index >= 15 is 0 Å². The third kappa shape index (κ3) is 5.92. The van der Waals surface area contributed by atoms with Gasteiger partial charge in [0.2, 0.25) is 0 Å². The highest BCUT2D eigenvalue weighted by atomic mass is 31.2. The van der Waals surface area contributed by atoms with Crippen LogP contribution < -0.4 is 0 Å². The Labute approximate surface area is 102 Å². The largest absolute Gasteiger partial charge is 0.373 e. The van der Waals surface area contributed by atoms with E-state index < -0.39 is 13.4 Å². The van der Waals surface area contributed by atoms with Crippen molar-refractivity contribution in [3.8, 4) is 6.07 Å². The van der Waals surface area contributed by atoms with Gasteiger partial charge < -0.3 is 9.05 Å². The summed E-state index contributed by atoms with van der Waals surface area (Å²) < 4.78 is 22.3. The fourth-order valence-corrected chi connectivity index (χ4v) is 2.38. The van der Waals surface area contributed by atoms with E-state index in [9.17, 15) is 9.47 Å². The molecule has 7 heteroatoms. The Hall–Kier alpha value is -0.760. The summed E-state index contributed by atoms with van der Waals surface area (Å²) in [7, 11) is -3.73. The standard InChI is InChI=1S/C10H19N2O4P/c1-3-5-7-15-17(14,10(9-11)12-13)16-8-6-4-2/h10H,3-8H2,1-2H3. The first kappa shape index (κ1) is 16.2. The summed E-state index contributed by atoms with van der Waals surface area (Å²) in [5.41, 5.74) is 0. The van der Waals surface area contributed by atoms with Gasteiger partial charge in [-0.1, -0.05) is 26.7 Å². The van der Waals surface area contributed by atoms with Crippen LogP contribution in [0.15, 0.2) is 5.18 Å². The van der Waals surface area contributed by atoms with Crippen molar-refractivity contribution in [2.75, 3.05) is 13.2 Å². The number of nitrogens with zero attached hydrogens (tertiary/aromatic N) is 2. The van der Waals surface area contributed by atoms with Crippen LogP contribution in [0.1, 0.15) is 39.5 Å². The van der Waals surface area contributed by atoms with Crippen molar-refractivity contribution in [1.82, 2.24) is 0 Å². The predicted molar refractivity (Wildman–Crippen MR) is 64.5 cm³/mol. The van der Waals surface area contributed by atoms with Gasteiger partial charge in [0.25, 0.3) is 5.78 Å². The van der Waals surface area contributed by atoms with E-state index in [0.29, 0.717) is 12.8 Å². The summed E-state index contributed by atoms with van der Waals surface area (Å²) >= 11 is 0. The van der Waals surface area contributed by atoms with E-state index in [1.165, 1.54) is 0 Å². The van der Waals surface area contributed by atoms with E-state index in [4.69, 9.17) is 14.3 Å². The number of nitriles is 1. The van der Waals surface area contributed by atoms with Crippen molar-refractivity contribution in [1.29, 1.82) is 5.26 Å². The van der Waals surface area contributed by atoms with Gasteiger partial charge in [0.05, 0.1) is 13.2 Å². The molecule has 0 bridgehead atoms. The van der Waals surface area contributed by atoms with Crippen LogP contribution in [0.25, 0.3) is 0 Å². The van der Waals surface area contributed by atoms with E-state index in [0.717, 1.165) is 12.8 Å². The molecule has 0 radical (unpaired) electrons. The van der Waals surface area contributed by atoms with Crippen molar-refractivity contribution in [3.05, 3.63) is 4.91 Å². The van der Waals surface area contributed by atoms with Crippen LogP contribution in [0.2, 0.25) is 0 Å². The minimum atomic E-state index is -3.73. The third-order valence-corrected chi connectivity index (χ3v) is 3.95. The lowest BCUT2D eigenvalue weighted by Gasteiger charge is -2.18. The maximum atomic E-state index is 12.2. The molecule has 0 spiro atoms. The number of hydrogen-bond acceptors (Lipinski definition) is 6. The number of hydrogen-bond donors (Lipinski definition) is 0. The average Bonchev–Trinajstić information content (AvgIpc) is 2.31. The molecule has 0 heterocycles. The van der Waals surface area contributed by atoms with Crippen LogP contribution in [0, 0.1) is 16.2 Å². The lowest BCUT2D eigenvalue weighted by molar-refractivity contribution is 0.196. The first-order valence-electron chi connectivity index (χ1n) is 5.75. The zero-order valence-corrected chi connectivity index (χ0v) is 11.2. The zero-order valence-electron chi connectivity index (χ0n) is 10.3. The summed E-state index contributed by atoms with van der Waals surface area (Å²) in [5, 5.41) is 11.2. The van der Waals surface area contributed by atoms with Crippen LogP contribution in [0.5, 0.6) is 0 Å². The summed E-state index contributed by atoms with van der Waals surface area (Å²) in [5.74, 6) is -1.57. The zero-order chi connectivity index (χ0) is 13.1. The smallest absolute Gasteiger partial charge is 0.306 e. The highest BCUT2D eigenvalue weighted by Gasteiger charge is 2.37. The predicted octanol–water partition coefficient (Wildman–Crippen LogP) is 3.43. The molecule has 0 saturated carbocycles. The Balaban J connectivity index is 4.51. The molecule has 1 atom stereocenters. The number of nitroso groups, excluding NO2 is 1. The quantitative estimate of drug-likeness (QED) is 0.342. The van der Waals surface area contributed by atoms with E-state index in [1.807, 2.05) is 13.8 Å². The van der Waals surface area contributed by atoms with Gasteiger partial charge in [0.1, 0.15) is 6.07 Å². The Bertz CT molecular complexity index is 289. The number of unbranched alkanes of at least 4 members (excludes halogenated alkanes) is 2. The average molecular weight is 262 g/mol. The van der Waals surface area contributed by atoms with E-state index in [2.05, 4.69) is 5.18 Å². The number of rotatable bonds is 10. The molecular weight excluding hydrogens is 243 g/mol. The molecule has 0 aromatic carbocycles. The Morgan fingerprint density at radius 1 is 1.24 bits per heavy atom. The molecule has 0 N–H and O–H groups in total. The fourth-order valence-electron chi connectivity index (χ4n) is 1.00. The molecule has 0 aromatic heterocycles. The molecule has 6 nitrogen and oxygen atoms in total. The molecule has 17 heavy (non-hydrogen) atoms. The summed E-state index contributed by atoms with van der Waals surface area (Å²) in [6, 6.07) is 1.55. The monoisotopic (exact) mass is 262 g/mol. The van der Waals surface area contributed by atoms with E-state index in [1.54, 1.807) is 6.07 Å². The SMILES string of the molecule is CCCCOP(=O)(OCCCC)C(C#N)N=O. The molecule has 98 valence electrons. The Morgan fingerprint density at radius 3 is 2.00 bits per heavy atom. The van der Waals surface area contributed by atoms with Crippen molar-refractivity contribution in [3.63, 3.8) is 0 Å². The van der Waals surface area contributed by atoms with Crippen LogP contribution >= 0.6 is 7.60 Å². The van der Waals surface area contributed by atoms with Crippen molar-refractivity contribution >= 4 is 7.60 Å². The summed E-state index contributed by atoms with van der Waals surface area (Å²) in [6.45, 7) is 4.30. The first-order valence-corrected chi connectivity index (χ1v) is 7.36. The van der Waals surface area contributed by atoms with Gasteiger partial charge in [0, 0.05) is 0 Å². The van der Waals surface area contributed by atoms with Crippen LogP contribution in [0.3, 0.4) is 0 Å². The van der Waals surface area contributed by atoms with E-state index in [-0.39, 0.29) is 13.2 Å². The normalized spacial score (nSPS) is 13.0. The first-order chi connectivity index (χ1) is 8.14. The molecule has 0 rings (SSSR count). The van der Waals surface area contributed by atoms with Crippen molar-refractivity contribution in [2.45, 2.75) is 45.3 Å². The molecule has 0 fully saturated rings. The minimum Gasteiger partial charge on any atom is -0.306 e. The van der Waals surface area contributed by atoms with Crippen LogP contribution in [-0.2, 0) is 13.6 Å². The Morgan fingerprint density at radius 2 is 1.71 bits per heavy atom. The second kappa shape index (κ2) is 9.29. The molecule has 0 aliphatic rings. The van der Waals surface area contributed by atoms with Crippen molar-refractivity contribution in [2.24, 2.45) is 5.18 Å². The second-order valence-electron chi connectivity index (χ2n) is 3.52. The highest BCUT2D eigenvalue weighted by molar-refractivity contribution is 7.54. The van der Waals surface area contributed by atoms with Gasteiger partial charge in [-0.15, -0.1) is 4.91 Å². The summed E-state index contributed by atoms with van der Waals surface area (Å²) in [4.78, 5) is 10.4. The fraction of sp³-hybridized carbons (Fsp3) is 0.900. The molecule has 0 aliphatic carbocycles. The maximum absolute atomic E-state index is 12.2. The van der Waals surface area contributed by atoms with Crippen LogP contribution in [-0.4, -0.2) is 19.0 Å². The molecule has 0 aromatic rings. The molecular formula is C10H19N2O4P. The second-order valence-corrected chi connectivity index (χ2v) is 5.61. The van der Waals surface area contributed by atoms with Gasteiger partial charge in [-0.05, 0) is 18.0 Å². The third-order valence-electron chi connectivity index (χ3n) is 2.05. The van der Waals surface area contributed by atoms with Crippen LogP contribution in [0.4, 0.5) is 0 Å². The maximum Gasteiger partial charge on any atom is 0.373 e. The lowest BCUT2D eigenvalue weighted by atomic mass is 10.4. The lowest BCUT2D eigenvalue weighted by Crippen LogP contribution is -2.10. The Kier molecular flexibility index (Phi) is 8.87. The van der Waals surface area contributed by atoms with Gasteiger partial charge in [-0.2, -0.15) is 5.26 Å². The molecule has 0 saturated heterocycles. The summed E-state index contributed by atoms with van der Waals surface area (Å²) in [6.07, 6.45) is 3.11. The molecule has 1 unspecified atom stereocenters. The molecule has 0 amide bonds. The highest BCUT2D eigenvalue weighted by Crippen LogP contribution is 2.53. The van der Waals surface area contributed by atoms with Gasteiger partial charge in [-0.3, -0.25) is 4.57 Å². The van der Waals surface area contributed by atoms with Crippen molar-refractivity contribution < 1.29 is 13.6 Å². The van der Waals surface area contributed by atoms with Gasteiger partial charge in [-0.25, -0.2) is 0 Å². The van der Waals surface area contributed by atoms with Gasteiger partial charge >= 0.3 is 7.60 Å².